The third kappa shape index (κ3) is 4.91. The molecule has 0 bridgehead atoms. The van der Waals surface area contributed by atoms with E-state index in [1.807, 2.05) is 0 Å². The lowest BCUT2D eigenvalue weighted by molar-refractivity contribution is -0.164. The van der Waals surface area contributed by atoms with Crippen LogP contribution in [0.1, 0.15) is 19.3 Å². The zero-order valence-corrected chi connectivity index (χ0v) is 9.79. The van der Waals surface area contributed by atoms with Crippen molar-refractivity contribution in [2.45, 2.75) is 31.5 Å². The zero-order chi connectivity index (χ0) is 13.8. The molecule has 0 aliphatic carbocycles. The number of hydrogen-bond donors (Lipinski definition) is 2. The molecule has 1 aliphatic rings. The molecule has 0 aromatic heterocycles. The maximum absolute atomic E-state index is 12.2. The number of nitrogens with zero attached hydrogens (tertiary/aromatic N) is 1. The lowest BCUT2D eigenvalue weighted by atomic mass is 10.0. The van der Waals surface area contributed by atoms with Gasteiger partial charge in [-0.25, -0.2) is 0 Å². The Hall–Kier alpha value is -1.31. The molecule has 1 heterocycles. The molecular formula is C10H16F3N3O2. The number of carbonyl (C=O) groups is 2. The minimum absolute atomic E-state index is 0.353. The Kier molecular flexibility index (Phi) is 4.94. The number of carbonyl (C=O) groups excluding carboxylic acids is 2. The molecule has 0 radical (unpaired) electrons. The maximum atomic E-state index is 12.2. The third-order valence-corrected chi connectivity index (χ3v) is 2.75. The Morgan fingerprint density at radius 1 is 1.28 bits per heavy atom. The Morgan fingerprint density at radius 2 is 1.83 bits per heavy atom. The fourth-order valence-electron chi connectivity index (χ4n) is 1.98. The maximum Gasteiger partial charge on any atom is 0.397 e. The Morgan fingerprint density at radius 3 is 2.28 bits per heavy atom. The van der Waals surface area contributed by atoms with E-state index in [4.69, 9.17) is 5.73 Å². The standard InChI is InChI=1S/C10H16F3N3O2/c11-10(12,13)5-9(18)16(6-8(14)17)7-1-3-15-4-2-7/h7,15H,1-6H2,(H2,14,17). The Bertz CT molecular complexity index is 314. The summed E-state index contributed by atoms with van der Waals surface area (Å²) in [6, 6.07) is -0.353. The van der Waals surface area contributed by atoms with Gasteiger partial charge in [-0.05, 0) is 25.9 Å². The minimum atomic E-state index is -4.57. The molecule has 1 aliphatic heterocycles. The van der Waals surface area contributed by atoms with E-state index < -0.39 is 31.0 Å². The van der Waals surface area contributed by atoms with E-state index in [-0.39, 0.29) is 6.04 Å². The molecule has 1 fully saturated rings. The van der Waals surface area contributed by atoms with Crippen LogP contribution in [0.15, 0.2) is 0 Å². The first-order valence-electron chi connectivity index (χ1n) is 5.65. The van der Waals surface area contributed by atoms with Crippen molar-refractivity contribution in [1.29, 1.82) is 0 Å². The first-order valence-corrected chi connectivity index (χ1v) is 5.65. The van der Waals surface area contributed by atoms with Gasteiger partial charge in [-0.3, -0.25) is 9.59 Å². The molecule has 0 spiro atoms. The van der Waals surface area contributed by atoms with Crippen LogP contribution in [0.5, 0.6) is 0 Å². The van der Waals surface area contributed by atoms with Crippen LogP contribution in [0.3, 0.4) is 0 Å². The Labute approximate surface area is 102 Å². The van der Waals surface area contributed by atoms with Crippen LogP contribution in [-0.2, 0) is 9.59 Å². The number of amides is 2. The van der Waals surface area contributed by atoms with Crippen molar-refractivity contribution in [2.75, 3.05) is 19.6 Å². The van der Waals surface area contributed by atoms with Crippen molar-refractivity contribution >= 4 is 11.8 Å². The minimum Gasteiger partial charge on any atom is -0.368 e. The van der Waals surface area contributed by atoms with Gasteiger partial charge in [0, 0.05) is 6.04 Å². The van der Waals surface area contributed by atoms with Gasteiger partial charge in [0.15, 0.2) is 0 Å². The quantitative estimate of drug-likeness (QED) is 0.753. The smallest absolute Gasteiger partial charge is 0.368 e. The van der Waals surface area contributed by atoms with E-state index in [9.17, 15) is 22.8 Å². The molecule has 1 saturated heterocycles. The van der Waals surface area contributed by atoms with Crippen molar-refractivity contribution in [1.82, 2.24) is 10.2 Å². The van der Waals surface area contributed by atoms with Crippen molar-refractivity contribution in [3.05, 3.63) is 0 Å². The van der Waals surface area contributed by atoms with E-state index >= 15 is 0 Å². The SMILES string of the molecule is NC(=O)CN(C(=O)CC(F)(F)F)C1CCNCC1. The van der Waals surface area contributed by atoms with Crippen LogP contribution in [-0.4, -0.2) is 48.6 Å². The summed E-state index contributed by atoms with van der Waals surface area (Å²) in [6.45, 7) is 0.762. The van der Waals surface area contributed by atoms with Gasteiger partial charge in [-0.1, -0.05) is 0 Å². The zero-order valence-electron chi connectivity index (χ0n) is 9.79. The topological polar surface area (TPSA) is 75.4 Å². The second-order valence-corrected chi connectivity index (χ2v) is 4.26. The van der Waals surface area contributed by atoms with Gasteiger partial charge >= 0.3 is 6.18 Å². The van der Waals surface area contributed by atoms with Gasteiger partial charge in [0.2, 0.25) is 11.8 Å². The number of primary amides is 1. The normalized spacial score (nSPS) is 17.5. The van der Waals surface area contributed by atoms with Gasteiger partial charge in [0.1, 0.15) is 6.42 Å². The third-order valence-electron chi connectivity index (χ3n) is 2.75. The van der Waals surface area contributed by atoms with Crippen molar-refractivity contribution in [3.63, 3.8) is 0 Å². The highest BCUT2D eigenvalue weighted by Gasteiger charge is 2.36. The van der Waals surface area contributed by atoms with E-state index in [0.29, 0.717) is 25.9 Å². The summed E-state index contributed by atoms with van der Waals surface area (Å²) in [6.07, 6.45) is -5.07. The molecule has 0 saturated carbocycles. The highest BCUT2D eigenvalue weighted by Crippen LogP contribution is 2.22. The van der Waals surface area contributed by atoms with Crippen molar-refractivity contribution < 1.29 is 22.8 Å². The first kappa shape index (κ1) is 14.7. The molecule has 1 rings (SSSR count). The summed E-state index contributed by atoms with van der Waals surface area (Å²) in [4.78, 5) is 23.4. The molecule has 104 valence electrons. The molecule has 8 heteroatoms. The highest BCUT2D eigenvalue weighted by molar-refractivity contribution is 5.84. The molecule has 0 aromatic rings. The summed E-state index contributed by atoms with van der Waals surface area (Å²) in [5.41, 5.74) is 4.97. The lowest BCUT2D eigenvalue weighted by Crippen LogP contribution is -2.50. The molecule has 5 nitrogen and oxygen atoms in total. The van der Waals surface area contributed by atoms with E-state index in [0.717, 1.165) is 4.90 Å². The molecule has 0 aromatic carbocycles. The summed E-state index contributed by atoms with van der Waals surface area (Å²) in [7, 11) is 0. The number of nitrogens with two attached hydrogens (primary N) is 1. The fraction of sp³-hybridized carbons (Fsp3) is 0.800. The summed E-state index contributed by atoms with van der Waals surface area (Å²) in [5.74, 6) is -1.89. The number of nitrogens with one attached hydrogen (secondary N) is 1. The summed E-state index contributed by atoms with van der Waals surface area (Å²) >= 11 is 0. The second-order valence-electron chi connectivity index (χ2n) is 4.26. The van der Waals surface area contributed by atoms with Crippen LogP contribution < -0.4 is 11.1 Å². The van der Waals surface area contributed by atoms with Crippen LogP contribution in [0.2, 0.25) is 0 Å². The Balaban J connectivity index is 2.70. The molecule has 3 N–H and O–H groups in total. The largest absolute Gasteiger partial charge is 0.397 e. The number of piperidine rings is 1. The molecular weight excluding hydrogens is 251 g/mol. The molecule has 18 heavy (non-hydrogen) atoms. The van der Waals surface area contributed by atoms with Gasteiger partial charge in [0.05, 0.1) is 6.54 Å². The van der Waals surface area contributed by atoms with Crippen molar-refractivity contribution in [3.8, 4) is 0 Å². The second kappa shape index (κ2) is 6.03. The van der Waals surface area contributed by atoms with Crippen LogP contribution in [0.25, 0.3) is 0 Å². The number of halogens is 3. The summed E-state index contributed by atoms with van der Waals surface area (Å²) < 4.78 is 36.6. The summed E-state index contributed by atoms with van der Waals surface area (Å²) in [5, 5.41) is 3.03. The predicted octanol–water partition coefficient (Wildman–Crippen LogP) is 0.00470. The number of rotatable bonds is 4. The number of hydrogen-bond acceptors (Lipinski definition) is 3. The molecule has 0 atom stereocenters. The monoisotopic (exact) mass is 267 g/mol. The van der Waals surface area contributed by atoms with E-state index in [2.05, 4.69) is 5.32 Å². The number of alkyl halides is 3. The van der Waals surface area contributed by atoms with Crippen LogP contribution in [0, 0.1) is 0 Å². The molecule has 0 unspecified atom stereocenters. The average Bonchev–Trinajstić information content (AvgIpc) is 2.24. The van der Waals surface area contributed by atoms with E-state index in [1.165, 1.54) is 0 Å². The van der Waals surface area contributed by atoms with Crippen molar-refractivity contribution in [2.24, 2.45) is 5.73 Å². The van der Waals surface area contributed by atoms with Gasteiger partial charge in [0.25, 0.3) is 0 Å². The van der Waals surface area contributed by atoms with Gasteiger partial charge in [-0.2, -0.15) is 13.2 Å². The van der Waals surface area contributed by atoms with Crippen LogP contribution >= 0.6 is 0 Å². The lowest BCUT2D eigenvalue weighted by Gasteiger charge is -2.34. The van der Waals surface area contributed by atoms with E-state index in [1.54, 1.807) is 0 Å². The van der Waals surface area contributed by atoms with Gasteiger partial charge < -0.3 is 16.0 Å². The van der Waals surface area contributed by atoms with Gasteiger partial charge in [-0.15, -0.1) is 0 Å². The van der Waals surface area contributed by atoms with Crippen LogP contribution in [0.4, 0.5) is 13.2 Å². The highest BCUT2D eigenvalue weighted by atomic mass is 19.4. The average molecular weight is 267 g/mol. The molecule has 2 amide bonds. The fourth-order valence-corrected chi connectivity index (χ4v) is 1.98. The first-order chi connectivity index (χ1) is 8.29. The predicted molar refractivity (Wildman–Crippen MR) is 57.5 cm³/mol.